The fourth-order valence-electron chi connectivity index (χ4n) is 4.15. The second-order valence-corrected chi connectivity index (χ2v) is 9.35. The molecular weight excluding hydrogens is 405 g/mol. The van der Waals surface area contributed by atoms with E-state index in [2.05, 4.69) is 23.8 Å². The van der Waals surface area contributed by atoms with Crippen molar-refractivity contribution < 1.29 is 4.39 Å². The maximum absolute atomic E-state index is 14.4. The maximum Gasteiger partial charge on any atom is 0.132 e. The molecule has 2 aromatic rings. The van der Waals surface area contributed by atoms with Gasteiger partial charge in [0.15, 0.2) is 0 Å². The van der Waals surface area contributed by atoms with Crippen molar-refractivity contribution in [1.82, 2.24) is 10.3 Å². The van der Waals surface area contributed by atoms with Crippen molar-refractivity contribution in [2.24, 2.45) is 10.9 Å². The molecule has 0 radical (unpaired) electrons. The molecule has 2 fully saturated rings. The molecule has 0 spiro atoms. The highest BCUT2D eigenvalue weighted by Crippen LogP contribution is 2.36. The van der Waals surface area contributed by atoms with Gasteiger partial charge in [0.1, 0.15) is 5.82 Å². The number of nitrogens with one attached hydrogen (secondary N) is 1. The molecule has 2 aliphatic rings. The summed E-state index contributed by atoms with van der Waals surface area (Å²) in [4.78, 5) is 10.1. The zero-order chi connectivity index (χ0) is 22.1. The Bertz CT molecular complexity index is 903. The Hall–Kier alpha value is -2.11. The van der Waals surface area contributed by atoms with Crippen LogP contribution >= 0.6 is 11.3 Å². The number of rotatable bonds is 5. The number of hydrogen-bond acceptors (Lipinski definition) is 4. The number of piperidine rings is 1. The van der Waals surface area contributed by atoms with Crippen molar-refractivity contribution in [2.75, 3.05) is 13.1 Å². The Morgan fingerprint density at radius 1 is 1.19 bits per heavy atom. The Balaban J connectivity index is 0.000000391. The maximum atomic E-state index is 14.4. The van der Waals surface area contributed by atoms with Gasteiger partial charge in [0.05, 0.1) is 21.3 Å². The van der Waals surface area contributed by atoms with Crippen LogP contribution in [0.2, 0.25) is 0 Å². The second-order valence-electron chi connectivity index (χ2n) is 8.32. The van der Waals surface area contributed by atoms with Crippen molar-refractivity contribution in [3.05, 3.63) is 64.9 Å². The number of thiazole rings is 1. The van der Waals surface area contributed by atoms with E-state index in [1.807, 2.05) is 25.1 Å². The van der Waals surface area contributed by atoms with E-state index < -0.39 is 0 Å². The van der Waals surface area contributed by atoms with E-state index >= 15 is 0 Å². The summed E-state index contributed by atoms with van der Waals surface area (Å²) in [5, 5.41) is 4.44. The minimum absolute atomic E-state index is 0.260. The summed E-state index contributed by atoms with van der Waals surface area (Å²) in [5.74, 6) is 1.20. The molecule has 1 aromatic heterocycles. The smallest absolute Gasteiger partial charge is 0.132 e. The average molecular weight is 440 g/mol. The molecule has 1 saturated heterocycles. The topological polar surface area (TPSA) is 37.3 Å². The molecule has 31 heavy (non-hydrogen) atoms. The number of benzene rings is 1. The molecule has 0 atom stereocenters. The van der Waals surface area contributed by atoms with E-state index in [1.54, 1.807) is 23.5 Å². The van der Waals surface area contributed by atoms with E-state index in [4.69, 9.17) is 4.98 Å². The summed E-state index contributed by atoms with van der Waals surface area (Å²) in [6, 6.07) is 6.79. The van der Waals surface area contributed by atoms with Crippen molar-refractivity contribution >= 4 is 17.0 Å². The van der Waals surface area contributed by atoms with Gasteiger partial charge in [0.2, 0.25) is 0 Å². The van der Waals surface area contributed by atoms with Gasteiger partial charge in [-0.25, -0.2) is 9.37 Å². The molecule has 1 aromatic carbocycles. The molecule has 1 saturated carbocycles. The molecule has 0 unspecified atom stereocenters. The highest BCUT2D eigenvalue weighted by atomic mass is 32.1. The van der Waals surface area contributed by atoms with E-state index in [0.717, 1.165) is 47.4 Å². The van der Waals surface area contributed by atoms with Gasteiger partial charge < -0.3 is 5.32 Å². The lowest BCUT2D eigenvalue weighted by atomic mass is 9.99. The molecule has 5 heteroatoms. The van der Waals surface area contributed by atoms with Gasteiger partial charge in [-0.3, -0.25) is 4.99 Å². The first kappa shape index (κ1) is 23.6. The van der Waals surface area contributed by atoms with Crippen molar-refractivity contribution in [3.63, 3.8) is 0 Å². The summed E-state index contributed by atoms with van der Waals surface area (Å²) in [6.45, 7) is 9.98. The molecule has 0 bridgehead atoms. The third-order valence-corrected chi connectivity index (χ3v) is 7.13. The van der Waals surface area contributed by atoms with Crippen LogP contribution in [0.15, 0.2) is 54.2 Å². The first-order valence-electron chi connectivity index (χ1n) is 11.4. The molecule has 2 heterocycles. The van der Waals surface area contributed by atoms with Crippen molar-refractivity contribution in [2.45, 2.75) is 58.3 Å². The fraction of sp³-hybridized carbons (Fsp3) is 0.462. The lowest BCUT2D eigenvalue weighted by Gasteiger charge is -2.20. The number of allylic oxidation sites excluding steroid dienone is 2. The third kappa shape index (κ3) is 6.44. The van der Waals surface area contributed by atoms with Gasteiger partial charge in [0.25, 0.3) is 0 Å². The van der Waals surface area contributed by atoms with Crippen LogP contribution in [0.4, 0.5) is 4.39 Å². The van der Waals surface area contributed by atoms with Gasteiger partial charge in [0, 0.05) is 17.7 Å². The Morgan fingerprint density at radius 2 is 1.90 bits per heavy atom. The predicted octanol–water partition coefficient (Wildman–Crippen LogP) is 7.12. The molecule has 3 nitrogen and oxygen atoms in total. The molecule has 1 aliphatic carbocycles. The van der Waals surface area contributed by atoms with Crippen LogP contribution in [0.3, 0.4) is 0 Å². The zero-order valence-corrected chi connectivity index (χ0v) is 19.6. The Labute approximate surface area is 190 Å². The minimum atomic E-state index is -0.260. The van der Waals surface area contributed by atoms with Gasteiger partial charge in [-0.2, -0.15) is 0 Å². The number of aliphatic imine (C=N–C) groups is 1. The largest absolute Gasteiger partial charge is 0.317 e. The lowest BCUT2D eigenvalue weighted by Crippen LogP contribution is -2.26. The van der Waals surface area contributed by atoms with E-state index in [-0.39, 0.29) is 5.82 Å². The van der Waals surface area contributed by atoms with Crippen LogP contribution in [0.5, 0.6) is 0 Å². The van der Waals surface area contributed by atoms with Crippen molar-refractivity contribution in [3.8, 4) is 11.3 Å². The van der Waals surface area contributed by atoms with E-state index in [9.17, 15) is 4.39 Å². The first-order valence-corrected chi connectivity index (χ1v) is 12.2. The van der Waals surface area contributed by atoms with Crippen LogP contribution in [0, 0.1) is 11.7 Å². The molecular formula is C26H34FN3S. The third-order valence-electron chi connectivity index (χ3n) is 5.89. The summed E-state index contributed by atoms with van der Waals surface area (Å²) in [6.07, 6.45) is 13.4. The first-order chi connectivity index (χ1) is 15.1. The normalized spacial score (nSPS) is 18.2. The minimum Gasteiger partial charge on any atom is -0.317 e. The van der Waals surface area contributed by atoms with Gasteiger partial charge in [-0.05, 0) is 57.0 Å². The SMILES string of the molecule is C=CN=C(/C=C\C)c1sc(C2CCNCC2)nc1-c1ccccc1F.CC1CCCC1. The monoisotopic (exact) mass is 439 g/mol. The van der Waals surface area contributed by atoms with Gasteiger partial charge in [-0.15, -0.1) is 11.3 Å². The summed E-state index contributed by atoms with van der Waals surface area (Å²) in [5.41, 5.74) is 1.97. The zero-order valence-electron chi connectivity index (χ0n) is 18.7. The lowest BCUT2D eigenvalue weighted by molar-refractivity contribution is 0.459. The van der Waals surface area contributed by atoms with Crippen LogP contribution in [0.25, 0.3) is 11.3 Å². The van der Waals surface area contributed by atoms with Crippen LogP contribution in [-0.2, 0) is 0 Å². The Morgan fingerprint density at radius 3 is 2.48 bits per heavy atom. The number of hydrogen-bond donors (Lipinski definition) is 1. The van der Waals surface area contributed by atoms with E-state index in [1.165, 1.54) is 37.9 Å². The molecule has 1 N–H and O–H groups in total. The van der Waals surface area contributed by atoms with Crippen LogP contribution in [0.1, 0.15) is 68.2 Å². The average Bonchev–Trinajstić information content (AvgIpc) is 3.44. The summed E-state index contributed by atoms with van der Waals surface area (Å²) < 4.78 is 14.4. The predicted molar refractivity (Wildman–Crippen MR) is 132 cm³/mol. The Kier molecular flexibility index (Phi) is 9.16. The number of aromatic nitrogens is 1. The highest BCUT2D eigenvalue weighted by molar-refractivity contribution is 7.14. The molecule has 0 amide bonds. The number of nitrogens with zero attached hydrogens (tertiary/aromatic N) is 2. The molecule has 4 rings (SSSR count). The molecule has 1 aliphatic heterocycles. The van der Waals surface area contributed by atoms with Crippen molar-refractivity contribution in [1.29, 1.82) is 0 Å². The molecule has 166 valence electrons. The van der Waals surface area contributed by atoms with Crippen LogP contribution < -0.4 is 5.32 Å². The summed E-state index contributed by atoms with van der Waals surface area (Å²) in [7, 11) is 0. The number of halogens is 1. The quantitative estimate of drug-likeness (QED) is 0.504. The fourth-order valence-corrected chi connectivity index (χ4v) is 5.38. The standard InChI is InChI=1S/C20H22FN3S.C6H12/c1-3-7-17(23-4-2)19-18(15-8-5-6-9-16(15)21)24-20(25-19)14-10-12-22-13-11-14;1-6-4-2-3-5-6/h3-9,14,22H,2,10-13H2,1H3;6H,2-5H2,1H3/b7-3-,23-17?;. The van der Waals surface area contributed by atoms with Gasteiger partial charge >= 0.3 is 0 Å². The second kappa shape index (κ2) is 12.1. The van der Waals surface area contributed by atoms with Gasteiger partial charge in [-0.1, -0.05) is 57.4 Å². The van der Waals surface area contributed by atoms with Crippen LogP contribution in [-0.4, -0.2) is 23.8 Å². The van der Waals surface area contributed by atoms with E-state index in [0.29, 0.717) is 17.2 Å². The summed E-state index contributed by atoms with van der Waals surface area (Å²) >= 11 is 1.62. The highest BCUT2D eigenvalue weighted by Gasteiger charge is 2.24.